The van der Waals surface area contributed by atoms with Crippen LogP contribution in [0.2, 0.25) is 15.1 Å². The van der Waals surface area contributed by atoms with E-state index >= 15 is 0 Å². The maximum Gasteiger partial charge on any atom is 0.417 e. The van der Waals surface area contributed by atoms with Crippen LogP contribution in [0.1, 0.15) is 5.56 Å². The van der Waals surface area contributed by atoms with Crippen LogP contribution >= 0.6 is 34.8 Å². The van der Waals surface area contributed by atoms with Crippen molar-refractivity contribution in [2.24, 2.45) is 0 Å². The molecule has 0 fully saturated rings. The molecule has 2 aromatic carbocycles. The highest BCUT2D eigenvalue weighted by molar-refractivity contribution is 6.36. The quantitative estimate of drug-likeness (QED) is 0.308. The van der Waals surface area contributed by atoms with Gasteiger partial charge in [-0.3, -0.25) is 10.1 Å². The first-order chi connectivity index (χ1) is 14.1. The van der Waals surface area contributed by atoms with Gasteiger partial charge in [-0.25, -0.2) is 9.97 Å². The highest BCUT2D eigenvalue weighted by atomic mass is 35.5. The number of nitrogens with zero attached hydrogens (tertiary/aromatic N) is 3. The van der Waals surface area contributed by atoms with E-state index in [0.717, 1.165) is 18.5 Å². The Morgan fingerprint density at radius 2 is 1.60 bits per heavy atom. The van der Waals surface area contributed by atoms with E-state index in [1.54, 1.807) is 0 Å². The Labute approximate surface area is 182 Å². The molecule has 0 radical (unpaired) electrons. The molecular weight excluding hydrogens is 470 g/mol. The lowest BCUT2D eigenvalue weighted by Gasteiger charge is -2.13. The number of benzene rings is 2. The van der Waals surface area contributed by atoms with Gasteiger partial charge in [-0.1, -0.05) is 34.8 Å². The predicted molar refractivity (Wildman–Crippen MR) is 108 cm³/mol. The minimum atomic E-state index is -4.70. The number of nitrogens with one attached hydrogen (secondary N) is 2. The predicted octanol–water partition coefficient (Wildman–Crippen LogP) is 6.85. The zero-order valence-electron chi connectivity index (χ0n) is 14.5. The van der Waals surface area contributed by atoms with E-state index in [-0.39, 0.29) is 28.0 Å². The smallest absolute Gasteiger partial charge is 0.334 e. The second-order valence-corrected chi connectivity index (χ2v) is 6.99. The topological polar surface area (TPSA) is 93.0 Å². The number of hydrogen-bond donors (Lipinski definition) is 2. The first-order valence-corrected chi connectivity index (χ1v) is 9.05. The number of anilines is 4. The lowest BCUT2D eigenvalue weighted by atomic mass is 10.2. The summed E-state index contributed by atoms with van der Waals surface area (Å²) in [6, 6.07) is 7.38. The molecule has 0 atom stereocenters. The highest BCUT2D eigenvalue weighted by Gasteiger charge is 2.33. The number of rotatable bonds is 5. The average Bonchev–Trinajstić information content (AvgIpc) is 2.64. The summed E-state index contributed by atoms with van der Waals surface area (Å²) in [7, 11) is 0. The minimum absolute atomic E-state index is 0.107. The van der Waals surface area contributed by atoms with E-state index < -0.39 is 27.4 Å². The third-order valence-corrected chi connectivity index (χ3v) is 4.60. The van der Waals surface area contributed by atoms with Crippen molar-refractivity contribution in [3.05, 3.63) is 73.5 Å². The van der Waals surface area contributed by atoms with Gasteiger partial charge in [-0.15, -0.1) is 0 Å². The monoisotopic (exact) mass is 477 g/mol. The third-order valence-electron chi connectivity index (χ3n) is 3.72. The largest absolute Gasteiger partial charge is 0.417 e. The molecule has 0 bridgehead atoms. The Balaban J connectivity index is 2.00. The molecule has 3 rings (SSSR count). The van der Waals surface area contributed by atoms with E-state index in [1.165, 1.54) is 24.3 Å². The first-order valence-electron chi connectivity index (χ1n) is 7.91. The van der Waals surface area contributed by atoms with Gasteiger partial charge in [0.05, 0.1) is 26.2 Å². The average molecular weight is 479 g/mol. The molecule has 156 valence electrons. The highest BCUT2D eigenvalue weighted by Crippen LogP contribution is 2.39. The third kappa shape index (κ3) is 4.84. The molecule has 0 amide bonds. The summed E-state index contributed by atoms with van der Waals surface area (Å²) in [6.45, 7) is 0. The van der Waals surface area contributed by atoms with Crippen molar-refractivity contribution in [2.45, 2.75) is 6.18 Å². The van der Waals surface area contributed by atoms with Gasteiger partial charge in [-0.05, 0) is 36.4 Å². The summed E-state index contributed by atoms with van der Waals surface area (Å²) in [5.41, 5.74) is -1.53. The molecule has 0 aliphatic heterocycles. The lowest BCUT2D eigenvalue weighted by molar-refractivity contribution is -0.383. The van der Waals surface area contributed by atoms with Crippen LogP contribution in [0.4, 0.5) is 41.9 Å². The van der Waals surface area contributed by atoms with Gasteiger partial charge in [0.1, 0.15) is 6.33 Å². The van der Waals surface area contributed by atoms with Gasteiger partial charge >= 0.3 is 11.9 Å². The van der Waals surface area contributed by atoms with Gasteiger partial charge < -0.3 is 10.6 Å². The van der Waals surface area contributed by atoms with Crippen LogP contribution in [-0.2, 0) is 6.18 Å². The Kier molecular flexibility index (Phi) is 6.20. The van der Waals surface area contributed by atoms with Gasteiger partial charge in [0.25, 0.3) is 0 Å². The molecule has 2 N–H and O–H groups in total. The number of nitro groups is 1. The maximum absolute atomic E-state index is 13.1. The van der Waals surface area contributed by atoms with Crippen molar-refractivity contribution in [3.8, 4) is 0 Å². The molecule has 1 aromatic heterocycles. The summed E-state index contributed by atoms with van der Waals surface area (Å²) in [5.74, 6) is -0.565. The van der Waals surface area contributed by atoms with Crippen molar-refractivity contribution >= 4 is 63.5 Å². The molecule has 0 saturated carbocycles. The molecule has 1 heterocycles. The Morgan fingerprint density at radius 3 is 2.20 bits per heavy atom. The summed E-state index contributed by atoms with van der Waals surface area (Å²) in [4.78, 5) is 18.5. The van der Waals surface area contributed by atoms with Crippen LogP contribution in [-0.4, -0.2) is 14.9 Å². The molecule has 0 spiro atoms. The van der Waals surface area contributed by atoms with Gasteiger partial charge in [0, 0.05) is 10.7 Å². The second kappa shape index (κ2) is 8.50. The maximum atomic E-state index is 13.1. The molecule has 13 heteroatoms. The molecule has 0 aliphatic carbocycles. The molecule has 3 aromatic rings. The van der Waals surface area contributed by atoms with E-state index in [2.05, 4.69) is 20.6 Å². The number of hydrogen-bond acceptors (Lipinski definition) is 6. The summed E-state index contributed by atoms with van der Waals surface area (Å²) in [6.07, 6.45) is -3.70. The zero-order chi connectivity index (χ0) is 22.1. The number of alkyl halides is 3. The Hall–Kier alpha value is -2.82. The lowest BCUT2D eigenvalue weighted by Crippen LogP contribution is -2.08. The fourth-order valence-corrected chi connectivity index (χ4v) is 3.09. The number of halogens is 6. The van der Waals surface area contributed by atoms with Crippen LogP contribution < -0.4 is 10.6 Å². The SMILES string of the molecule is O=[N+]([O-])c1c(Nc2ccc(Cl)c(C(F)(F)F)c2)ncnc1Nc1ccc(Cl)cc1Cl. The molecule has 0 aliphatic rings. The summed E-state index contributed by atoms with van der Waals surface area (Å²) in [5, 5.41) is 16.9. The fourth-order valence-electron chi connectivity index (χ4n) is 2.41. The van der Waals surface area contributed by atoms with E-state index in [4.69, 9.17) is 34.8 Å². The van der Waals surface area contributed by atoms with E-state index in [1.807, 2.05) is 0 Å². The van der Waals surface area contributed by atoms with Gasteiger partial charge in [0.2, 0.25) is 11.6 Å². The van der Waals surface area contributed by atoms with Crippen LogP contribution in [0.25, 0.3) is 0 Å². The molecule has 0 saturated heterocycles. The summed E-state index contributed by atoms with van der Waals surface area (Å²) < 4.78 is 39.2. The molecule has 0 unspecified atom stereocenters. The molecular formula is C17H9Cl3F3N5O2. The van der Waals surface area contributed by atoms with Gasteiger partial charge in [-0.2, -0.15) is 13.2 Å². The minimum Gasteiger partial charge on any atom is -0.334 e. The fraction of sp³-hybridized carbons (Fsp3) is 0.0588. The second-order valence-electron chi connectivity index (χ2n) is 5.74. The summed E-state index contributed by atoms with van der Waals surface area (Å²) >= 11 is 17.5. The van der Waals surface area contributed by atoms with Crippen molar-refractivity contribution in [1.82, 2.24) is 9.97 Å². The van der Waals surface area contributed by atoms with E-state index in [0.29, 0.717) is 5.02 Å². The van der Waals surface area contributed by atoms with Crippen molar-refractivity contribution in [1.29, 1.82) is 0 Å². The van der Waals surface area contributed by atoms with Crippen LogP contribution in [0.5, 0.6) is 0 Å². The van der Waals surface area contributed by atoms with Crippen molar-refractivity contribution in [2.75, 3.05) is 10.6 Å². The van der Waals surface area contributed by atoms with Crippen LogP contribution in [0, 0.1) is 10.1 Å². The van der Waals surface area contributed by atoms with Crippen LogP contribution in [0.15, 0.2) is 42.7 Å². The van der Waals surface area contributed by atoms with E-state index in [9.17, 15) is 23.3 Å². The van der Waals surface area contributed by atoms with Crippen molar-refractivity contribution < 1.29 is 18.1 Å². The normalized spacial score (nSPS) is 11.3. The Bertz CT molecular complexity index is 1130. The van der Waals surface area contributed by atoms with Crippen LogP contribution in [0.3, 0.4) is 0 Å². The molecule has 7 nitrogen and oxygen atoms in total. The van der Waals surface area contributed by atoms with Crippen molar-refractivity contribution in [3.63, 3.8) is 0 Å². The Morgan fingerprint density at radius 1 is 0.933 bits per heavy atom. The molecule has 30 heavy (non-hydrogen) atoms. The van der Waals surface area contributed by atoms with Gasteiger partial charge in [0.15, 0.2) is 0 Å². The first kappa shape index (κ1) is 21.9. The number of aromatic nitrogens is 2. The standard InChI is InChI=1S/C17H9Cl3F3N5O2/c18-8-1-4-13(12(20)5-8)27-16-14(28(29)30)15(24-7-25-16)26-9-2-3-11(19)10(6-9)17(21,22)23/h1-7H,(H2,24,25,26,27). The zero-order valence-corrected chi connectivity index (χ0v) is 16.7.